The molecule has 11 heteroatoms. The topological polar surface area (TPSA) is 124 Å². The van der Waals surface area contributed by atoms with Crippen molar-refractivity contribution in [2.24, 2.45) is 0 Å². The normalized spacial score (nSPS) is 26.5. The first-order valence-corrected chi connectivity index (χ1v) is 6.56. The third kappa shape index (κ3) is 2.77. The van der Waals surface area contributed by atoms with Crippen LogP contribution < -0.4 is 5.32 Å². The minimum Gasteiger partial charge on any atom is -0.284 e. The Balaban J connectivity index is 2.77. The molecule has 0 aromatic rings. The predicted octanol–water partition coefficient (Wildman–Crippen LogP) is -1.53. The molecule has 1 fully saturated rings. The Labute approximate surface area is 79.1 Å². The average Bonchev–Trinajstić information content (AvgIpc) is 2.28. The van der Waals surface area contributed by atoms with Gasteiger partial charge in [0.25, 0.3) is 10.1 Å². The van der Waals surface area contributed by atoms with Gasteiger partial charge in [0.1, 0.15) is 0 Å². The lowest BCUT2D eigenvalue weighted by atomic mass is 11.1. The van der Waals surface area contributed by atoms with Gasteiger partial charge in [0.05, 0.1) is 6.67 Å². The van der Waals surface area contributed by atoms with Crippen molar-refractivity contribution >= 4 is 32.4 Å². The summed E-state index contributed by atoms with van der Waals surface area (Å²) in [5.74, 6) is 0. The van der Waals surface area contributed by atoms with Crippen LogP contribution in [0.25, 0.3) is 0 Å². The van der Waals surface area contributed by atoms with E-state index in [0.717, 1.165) is 0 Å². The van der Waals surface area contributed by atoms with Gasteiger partial charge in [0.2, 0.25) is 0 Å². The summed E-state index contributed by atoms with van der Waals surface area (Å²) in [4.78, 5) is 0. The average molecular weight is 250 g/mol. The van der Waals surface area contributed by atoms with Crippen LogP contribution in [0.4, 0.5) is 0 Å². The van der Waals surface area contributed by atoms with Crippen LogP contribution in [-0.4, -0.2) is 41.0 Å². The molecule has 0 amide bonds. The molecule has 0 aromatic heterocycles. The number of rotatable bonds is 2. The second kappa shape index (κ2) is 3.34. The van der Waals surface area contributed by atoms with Gasteiger partial charge in [0, 0.05) is 0 Å². The molecule has 0 aromatic carbocycles. The molecule has 1 heterocycles. The van der Waals surface area contributed by atoms with Crippen LogP contribution in [0, 0.1) is 0 Å². The molecule has 1 atom stereocenters. The molecule has 78 valence electrons. The van der Waals surface area contributed by atoms with E-state index < -0.39 is 25.1 Å². The lowest BCUT2D eigenvalue weighted by Gasteiger charge is -2.06. The Morgan fingerprint density at radius 1 is 1.31 bits per heavy atom. The zero-order valence-electron chi connectivity index (χ0n) is 5.98. The minimum atomic E-state index is -4.44. The molecule has 3 N–H and O–H groups in total. The fourth-order valence-electron chi connectivity index (χ4n) is 0.626. The van der Waals surface area contributed by atoms with E-state index in [1.165, 1.54) is 0 Å². The molecule has 1 rings (SSSR count). The van der Waals surface area contributed by atoms with Gasteiger partial charge in [-0.15, -0.1) is 3.71 Å². The zero-order chi connectivity index (χ0) is 10.3. The maximum absolute atomic E-state index is 10.5. The van der Waals surface area contributed by atoms with Gasteiger partial charge < -0.3 is 0 Å². The molecule has 1 aliphatic heterocycles. The van der Waals surface area contributed by atoms with Crippen molar-refractivity contribution < 1.29 is 25.9 Å². The number of nitrogens with zero attached hydrogens (tertiary/aromatic N) is 1. The molecule has 0 bridgehead atoms. The first-order chi connectivity index (χ1) is 5.71. The van der Waals surface area contributed by atoms with E-state index in [4.69, 9.17) is 9.11 Å². The molecule has 0 saturated carbocycles. The fraction of sp³-hybridized carbons (Fsp3) is 1.00. The van der Waals surface area contributed by atoms with E-state index in [1.54, 1.807) is 0 Å². The molecule has 13 heavy (non-hydrogen) atoms. The van der Waals surface area contributed by atoms with E-state index >= 15 is 0 Å². The van der Waals surface area contributed by atoms with Crippen LogP contribution in [0.5, 0.6) is 0 Å². The third-order valence-electron chi connectivity index (χ3n) is 1.13. The second-order valence-electron chi connectivity index (χ2n) is 2.10. The van der Waals surface area contributed by atoms with Crippen molar-refractivity contribution in [3.8, 4) is 0 Å². The van der Waals surface area contributed by atoms with Gasteiger partial charge in [-0.05, 0) is 11.9 Å². The van der Waals surface area contributed by atoms with Crippen LogP contribution in [0.3, 0.4) is 0 Å². The summed E-state index contributed by atoms with van der Waals surface area (Å²) in [5, 5.41) is 2.16. The molecule has 8 nitrogen and oxygen atoms in total. The SMILES string of the molecule is O=S(=O)(O)C1NCN(S(=O)(=O)O)S1. The summed E-state index contributed by atoms with van der Waals surface area (Å²) in [6.45, 7) is -0.381. The number of nitrogens with one attached hydrogen (secondary N) is 1. The highest BCUT2D eigenvalue weighted by atomic mass is 32.3. The van der Waals surface area contributed by atoms with Crippen molar-refractivity contribution in [2.45, 2.75) is 4.71 Å². The van der Waals surface area contributed by atoms with Gasteiger partial charge in [-0.3, -0.25) is 14.4 Å². The van der Waals surface area contributed by atoms with E-state index in [-0.39, 0.29) is 18.6 Å². The van der Waals surface area contributed by atoms with Gasteiger partial charge in [-0.25, -0.2) is 0 Å². The Morgan fingerprint density at radius 2 is 1.85 bits per heavy atom. The smallest absolute Gasteiger partial charge is 0.284 e. The first-order valence-electron chi connectivity index (χ1n) is 2.83. The fourth-order valence-corrected chi connectivity index (χ4v) is 3.26. The summed E-state index contributed by atoms with van der Waals surface area (Å²) >= 11 is 0.271. The highest BCUT2D eigenvalue weighted by Gasteiger charge is 2.37. The Bertz CT molecular complexity index is 346. The Kier molecular flexibility index (Phi) is 2.87. The molecule has 1 unspecified atom stereocenters. The van der Waals surface area contributed by atoms with Gasteiger partial charge in [0.15, 0.2) is 4.71 Å². The molecule has 0 radical (unpaired) electrons. The van der Waals surface area contributed by atoms with Gasteiger partial charge in [-0.2, -0.15) is 16.8 Å². The van der Waals surface area contributed by atoms with Crippen molar-refractivity contribution in [3.63, 3.8) is 0 Å². The Hall–Kier alpha value is 0.0900. The third-order valence-corrected chi connectivity index (χ3v) is 5.01. The molecular weight excluding hydrogens is 244 g/mol. The summed E-state index contributed by atoms with van der Waals surface area (Å²) < 4.78 is 57.7. The number of hydrogen-bond donors (Lipinski definition) is 3. The zero-order valence-corrected chi connectivity index (χ0v) is 8.43. The molecule has 0 aliphatic carbocycles. The van der Waals surface area contributed by atoms with Crippen LogP contribution >= 0.6 is 11.9 Å². The van der Waals surface area contributed by atoms with Crippen LogP contribution in [0.1, 0.15) is 0 Å². The molecular formula is C2H6N2O6S3. The van der Waals surface area contributed by atoms with Crippen LogP contribution in [0.15, 0.2) is 0 Å². The summed E-state index contributed by atoms with van der Waals surface area (Å²) in [7, 11) is -8.80. The highest BCUT2D eigenvalue weighted by molar-refractivity contribution is 8.15. The van der Waals surface area contributed by atoms with Crippen molar-refractivity contribution in [1.29, 1.82) is 0 Å². The summed E-state index contributed by atoms with van der Waals surface area (Å²) in [6.07, 6.45) is 0. The minimum absolute atomic E-state index is 0.271. The van der Waals surface area contributed by atoms with Gasteiger partial charge in [-0.1, -0.05) is 0 Å². The van der Waals surface area contributed by atoms with Crippen molar-refractivity contribution in [1.82, 2.24) is 9.03 Å². The monoisotopic (exact) mass is 250 g/mol. The first kappa shape index (κ1) is 11.2. The lowest BCUT2D eigenvalue weighted by Crippen LogP contribution is -2.29. The predicted molar refractivity (Wildman–Crippen MR) is 44.3 cm³/mol. The van der Waals surface area contributed by atoms with Crippen molar-refractivity contribution in [3.05, 3.63) is 0 Å². The van der Waals surface area contributed by atoms with Crippen LogP contribution in [0.2, 0.25) is 0 Å². The number of hydrogen-bond acceptors (Lipinski definition) is 6. The standard InChI is InChI=1S/C2H6N2O6S3/c5-12(6,7)2-3-1-4(11-2)13(8,9)10/h2-3H,1H2,(H,5,6,7)(H,8,9,10). The van der Waals surface area contributed by atoms with E-state index in [2.05, 4.69) is 5.32 Å². The van der Waals surface area contributed by atoms with E-state index in [9.17, 15) is 16.8 Å². The van der Waals surface area contributed by atoms with E-state index in [0.29, 0.717) is 3.71 Å². The largest absolute Gasteiger partial charge is 0.346 e. The van der Waals surface area contributed by atoms with Gasteiger partial charge >= 0.3 is 10.3 Å². The summed E-state index contributed by atoms with van der Waals surface area (Å²) in [5.41, 5.74) is 0. The maximum Gasteiger partial charge on any atom is 0.346 e. The quantitative estimate of drug-likeness (QED) is 0.398. The maximum atomic E-state index is 10.5. The highest BCUT2D eigenvalue weighted by Crippen LogP contribution is 2.26. The van der Waals surface area contributed by atoms with E-state index in [1.807, 2.05) is 0 Å². The molecule has 0 spiro atoms. The van der Waals surface area contributed by atoms with Crippen molar-refractivity contribution in [2.75, 3.05) is 6.67 Å². The lowest BCUT2D eigenvalue weighted by molar-refractivity contribution is 0.430. The molecule has 1 saturated heterocycles. The Morgan fingerprint density at radius 3 is 2.08 bits per heavy atom. The summed E-state index contributed by atoms with van der Waals surface area (Å²) in [6, 6.07) is 0. The molecule has 1 aliphatic rings. The second-order valence-corrected chi connectivity index (χ2v) is 6.59. The van der Waals surface area contributed by atoms with Crippen LogP contribution in [-0.2, 0) is 20.4 Å².